The summed E-state index contributed by atoms with van der Waals surface area (Å²) in [5, 5.41) is 9.82. The smallest absolute Gasteiger partial charge is 0.142 e. The van der Waals surface area contributed by atoms with Gasteiger partial charge in [0.1, 0.15) is 23.8 Å². The number of fused-ring (bicyclic) bond motifs is 1. The molecule has 3 heterocycles. The van der Waals surface area contributed by atoms with Gasteiger partial charge in [-0.05, 0) is 29.8 Å². The number of hydrogen-bond acceptors (Lipinski definition) is 5. The molecule has 0 radical (unpaired) electrons. The molecule has 142 valence electrons. The minimum absolute atomic E-state index is 0.0980. The summed E-state index contributed by atoms with van der Waals surface area (Å²) in [5.74, 6) is -0.0426. The van der Waals surface area contributed by atoms with Crippen LogP contribution in [0.3, 0.4) is 0 Å². The van der Waals surface area contributed by atoms with E-state index in [0.29, 0.717) is 17.0 Å². The number of halogens is 1. The van der Waals surface area contributed by atoms with E-state index in [9.17, 15) is 4.39 Å². The molecule has 1 aromatic carbocycles. The van der Waals surface area contributed by atoms with Crippen LogP contribution >= 0.6 is 0 Å². The van der Waals surface area contributed by atoms with E-state index in [-0.39, 0.29) is 25.3 Å². The Morgan fingerprint density at radius 1 is 1.18 bits per heavy atom. The first-order valence-corrected chi connectivity index (χ1v) is 8.84. The largest absolute Gasteiger partial charge is 0.489 e. The highest BCUT2D eigenvalue weighted by Gasteiger charge is 2.15. The first kappa shape index (κ1) is 17.9. The lowest BCUT2D eigenvalue weighted by Crippen LogP contribution is -2.07. The minimum atomic E-state index is -0.403. The highest BCUT2D eigenvalue weighted by molar-refractivity contribution is 5.85. The first-order chi connectivity index (χ1) is 13.7. The second kappa shape index (κ2) is 7.66. The molecule has 0 saturated heterocycles. The van der Waals surface area contributed by atoms with Crippen LogP contribution in [0.25, 0.3) is 22.2 Å². The van der Waals surface area contributed by atoms with Crippen LogP contribution in [0.15, 0.2) is 55.1 Å². The SMILES string of the molecule is Nc1c(OCCO)ccc(F)c1Cc1c[nH]c2ncc(-c3cccnc3)cc12. The fraction of sp³-hybridized carbons (Fsp3) is 0.143. The van der Waals surface area contributed by atoms with Gasteiger partial charge in [0.2, 0.25) is 0 Å². The average Bonchev–Trinajstić information content (AvgIpc) is 3.13. The number of anilines is 1. The summed E-state index contributed by atoms with van der Waals surface area (Å²) in [7, 11) is 0. The van der Waals surface area contributed by atoms with Gasteiger partial charge in [-0.15, -0.1) is 0 Å². The number of H-pyrrole nitrogens is 1. The third-order valence-corrected chi connectivity index (χ3v) is 4.59. The molecular weight excluding hydrogens is 359 g/mol. The normalized spacial score (nSPS) is 11.1. The number of nitrogens with one attached hydrogen (secondary N) is 1. The lowest BCUT2D eigenvalue weighted by atomic mass is 10.0. The van der Waals surface area contributed by atoms with Gasteiger partial charge >= 0.3 is 0 Å². The van der Waals surface area contributed by atoms with E-state index in [1.807, 2.05) is 24.4 Å². The standard InChI is InChI=1S/C21H19FN4O2/c22-18-3-4-19(28-7-6-27)20(23)17(18)9-15-12-26-21-16(15)8-14(11-25-21)13-2-1-5-24-10-13/h1-5,8,10-12,27H,6-7,9,23H2,(H,25,26). The number of benzene rings is 1. The van der Waals surface area contributed by atoms with Crippen molar-refractivity contribution in [3.63, 3.8) is 0 Å². The van der Waals surface area contributed by atoms with Crippen molar-refractivity contribution < 1.29 is 14.2 Å². The number of aromatic amines is 1. The number of nitrogens with two attached hydrogens (primary N) is 1. The number of aromatic nitrogens is 3. The number of nitrogens with zero attached hydrogens (tertiary/aromatic N) is 2. The van der Waals surface area contributed by atoms with Gasteiger partial charge in [-0.25, -0.2) is 9.37 Å². The van der Waals surface area contributed by atoms with Crippen molar-refractivity contribution in [3.05, 3.63) is 72.1 Å². The zero-order valence-corrected chi connectivity index (χ0v) is 15.0. The molecule has 0 atom stereocenters. The molecule has 0 spiro atoms. The van der Waals surface area contributed by atoms with Crippen LogP contribution in [0.5, 0.6) is 5.75 Å². The van der Waals surface area contributed by atoms with Crippen LogP contribution in [0.4, 0.5) is 10.1 Å². The van der Waals surface area contributed by atoms with Gasteiger partial charge < -0.3 is 20.6 Å². The third-order valence-electron chi connectivity index (χ3n) is 4.59. The molecule has 0 aliphatic rings. The maximum Gasteiger partial charge on any atom is 0.142 e. The van der Waals surface area contributed by atoms with Gasteiger partial charge in [0.25, 0.3) is 0 Å². The Labute approximate surface area is 160 Å². The van der Waals surface area contributed by atoms with Crippen molar-refractivity contribution in [1.82, 2.24) is 15.0 Å². The van der Waals surface area contributed by atoms with Crippen molar-refractivity contribution in [2.45, 2.75) is 6.42 Å². The number of aliphatic hydroxyl groups is 1. The van der Waals surface area contributed by atoms with E-state index >= 15 is 0 Å². The lowest BCUT2D eigenvalue weighted by Gasteiger charge is -2.13. The quantitative estimate of drug-likeness (QED) is 0.447. The van der Waals surface area contributed by atoms with Crippen LogP contribution in [0.2, 0.25) is 0 Å². The molecule has 4 aromatic rings. The maximum absolute atomic E-state index is 14.5. The van der Waals surface area contributed by atoms with Crippen molar-refractivity contribution in [3.8, 4) is 16.9 Å². The van der Waals surface area contributed by atoms with E-state index in [1.165, 1.54) is 12.1 Å². The molecular formula is C21H19FN4O2. The Morgan fingerprint density at radius 2 is 2.07 bits per heavy atom. The summed E-state index contributed by atoms with van der Waals surface area (Å²) in [5.41, 5.74) is 10.2. The Morgan fingerprint density at radius 3 is 2.86 bits per heavy atom. The fourth-order valence-corrected chi connectivity index (χ4v) is 3.16. The fourth-order valence-electron chi connectivity index (χ4n) is 3.16. The molecule has 0 saturated carbocycles. The van der Waals surface area contributed by atoms with Crippen LogP contribution in [-0.4, -0.2) is 33.3 Å². The van der Waals surface area contributed by atoms with Gasteiger partial charge in [0, 0.05) is 53.3 Å². The zero-order valence-electron chi connectivity index (χ0n) is 15.0. The Hall–Kier alpha value is -3.45. The summed E-state index contributed by atoms with van der Waals surface area (Å²) in [4.78, 5) is 11.7. The third kappa shape index (κ3) is 3.39. The predicted molar refractivity (Wildman–Crippen MR) is 106 cm³/mol. The number of aliphatic hydroxyl groups excluding tert-OH is 1. The average molecular weight is 378 g/mol. The number of nitrogen functional groups attached to an aromatic ring is 1. The van der Waals surface area contributed by atoms with E-state index in [1.54, 1.807) is 18.6 Å². The van der Waals surface area contributed by atoms with Gasteiger partial charge in [-0.2, -0.15) is 0 Å². The zero-order chi connectivity index (χ0) is 19.5. The van der Waals surface area contributed by atoms with Crippen LogP contribution < -0.4 is 10.5 Å². The van der Waals surface area contributed by atoms with E-state index in [2.05, 4.69) is 15.0 Å². The molecule has 0 aliphatic carbocycles. The number of rotatable bonds is 6. The second-order valence-electron chi connectivity index (χ2n) is 6.36. The van der Waals surface area contributed by atoms with Gasteiger partial charge in [0.05, 0.1) is 12.3 Å². The molecule has 0 fully saturated rings. The van der Waals surface area contributed by atoms with E-state index in [4.69, 9.17) is 15.6 Å². The number of hydrogen-bond donors (Lipinski definition) is 3. The summed E-state index contributed by atoms with van der Waals surface area (Å²) in [6.07, 6.45) is 7.36. The molecule has 0 aliphatic heterocycles. The van der Waals surface area contributed by atoms with Crippen LogP contribution in [0.1, 0.15) is 11.1 Å². The highest BCUT2D eigenvalue weighted by Crippen LogP contribution is 2.32. The van der Waals surface area contributed by atoms with Crippen molar-refractivity contribution in [2.75, 3.05) is 18.9 Å². The summed E-state index contributed by atoms with van der Waals surface area (Å²) >= 11 is 0. The van der Waals surface area contributed by atoms with Gasteiger partial charge in [-0.1, -0.05) is 6.07 Å². The Bertz CT molecular complexity index is 1110. The molecule has 4 N–H and O–H groups in total. The molecule has 4 rings (SSSR count). The maximum atomic E-state index is 14.5. The first-order valence-electron chi connectivity index (χ1n) is 8.84. The van der Waals surface area contributed by atoms with Crippen LogP contribution in [0, 0.1) is 5.82 Å². The minimum Gasteiger partial charge on any atom is -0.489 e. The molecule has 6 nitrogen and oxygen atoms in total. The molecule has 7 heteroatoms. The Balaban J connectivity index is 1.72. The number of pyridine rings is 2. The van der Waals surface area contributed by atoms with E-state index in [0.717, 1.165) is 22.1 Å². The van der Waals surface area contributed by atoms with Crippen LogP contribution in [-0.2, 0) is 6.42 Å². The van der Waals surface area contributed by atoms with Crippen molar-refractivity contribution in [2.24, 2.45) is 0 Å². The van der Waals surface area contributed by atoms with E-state index < -0.39 is 5.82 Å². The second-order valence-corrected chi connectivity index (χ2v) is 6.36. The molecule has 0 amide bonds. The summed E-state index contributed by atoms with van der Waals surface area (Å²) < 4.78 is 19.9. The summed E-state index contributed by atoms with van der Waals surface area (Å²) in [6, 6.07) is 8.63. The Kier molecular flexibility index (Phi) is 4.90. The monoisotopic (exact) mass is 378 g/mol. The predicted octanol–water partition coefficient (Wildman–Crippen LogP) is 3.31. The molecule has 3 aromatic heterocycles. The lowest BCUT2D eigenvalue weighted by molar-refractivity contribution is 0.202. The van der Waals surface area contributed by atoms with Crippen molar-refractivity contribution >= 4 is 16.7 Å². The van der Waals surface area contributed by atoms with Gasteiger partial charge in [0.15, 0.2) is 0 Å². The van der Waals surface area contributed by atoms with Gasteiger partial charge in [-0.3, -0.25) is 4.98 Å². The number of ether oxygens (including phenoxy) is 1. The molecule has 28 heavy (non-hydrogen) atoms. The highest BCUT2D eigenvalue weighted by atomic mass is 19.1. The topological polar surface area (TPSA) is 97.1 Å². The summed E-state index contributed by atoms with van der Waals surface area (Å²) in [6.45, 7) is -0.0435. The molecule has 0 unspecified atom stereocenters. The molecule has 0 bridgehead atoms. The van der Waals surface area contributed by atoms with Crippen molar-refractivity contribution in [1.29, 1.82) is 0 Å².